The summed E-state index contributed by atoms with van der Waals surface area (Å²) in [4.78, 5) is 14.1. The van der Waals surface area contributed by atoms with Crippen LogP contribution in [0.15, 0.2) is 0 Å². The lowest BCUT2D eigenvalue weighted by atomic mass is 9.96. The molecular formula is C11H20N2O. The predicted molar refractivity (Wildman–Crippen MR) is 55.8 cm³/mol. The van der Waals surface area contributed by atoms with E-state index in [1.807, 2.05) is 4.90 Å². The molecule has 2 unspecified atom stereocenters. The first-order valence-corrected chi connectivity index (χ1v) is 5.66. The van der Waals surface area contributed by atoms with Gasteiger partial charge in [0.15, 0.2) is 0 Å². The van der Waals surface area contributed by atoms with Gasteiger partial charge in [0.25, 0.3) is 0 Å². The quantitative estimate of drug-likeness (QED) is 0.686. The van der Waals surface area contributed by atoms with Gasteiger partial charge in [0.05, 0.1) is 5.54 Å². The van der Waals surface area contributed by atoms with Crippen molar-refractivity contribution in [3.8, 4) is 0 Å². The summed E-state index contributed by atoms with van der Waals surface area (Å²) in [5.41, 5.74) is 5.47. The number of hydrogen-bond acceptors (Lipinski definition) is 2. The second-order valence-electron chi connectivity index (χ2n) is 5.00. The number of rotatable bonds is 1. The summed E-state index contributed by atoms with van der Waals surface area (Å²) in [5.74, 6) is 0.192. The molecule has 0 radical (unpaired) electrons. The van der Waals surface area contributed by atoms with Gasteiger partial charge in [-0.25, -0.2) is 0 Å². The van der Waals surface area contributed by atoms with Crippen LogP contribution in [-0.4, -0.2) is 28.4 Å². The maximum Gasteiger partial charge on any atom is 0.243 e. The van der Waals surface area contributed by atoms with Gasteiger partial charge in [0, 0.05) is 12.1 Å². The van der Waals surface area contributed by atoms with Crippen molar-refractivity contribution in [1.82, 2.24) is 4.90 Å². The Morgan fingerprint density at radius 3 is 2.21 bits per heavy atom. The molecule has 0 spiro atoms. The Morgan fingerprint density at radius 1 is 1.29 bits per heavy atom. The molecule has 3 heteroatoms. The zero-order valence-electron chi connectivity index (χ0n) is 9.12. The smallest absolute Gasteiger partial charge is 0.243 e. The molecule has 0 aromatic rings. The van der Waals surface area contributed by atoms with Crippen LogP contribution in [0.1, 0.15) is 46.0 Å². The Hall–Kier alpha value is -0.570. The van der Waals surface area contributed by atoms with E-state index >= 15 is 0 Å². The van der Waals surface area contributed by atoms with Crippen molar-refractivity contribution >= 4 is 5.91 Å². The van der Waals surface area contributed by atoms with Crippen LogP contribution >= 0.6 is 0 Å². The molecule has 0 bridgehead atoms. The van der Waals surface area contributed by atoms with Crippen molar-refractivity contribution in [3.05, 3.63) is 0 Å². The van der Waals surface area contributed by atoms with Gasteiger partial charge in [0.2, 0.25) is 5.91 Å². The van der Waals surface area contributed by atoms with Gasteiger partial charge in [-0.3, -0.25) is 4.79 Å². The average molecular weight is 196 g/mol. The number of hydrogen-bond donors (Lipinski definition) is 1. The molecular weight excluding hydrogens is 176 g/mol. The van der Waals surface area contributed by atoms with Crippen LogP contribution in [0.3, 0.4) is 0 Å². The molecule has 2 N–H and O–H groups in total. The largest absolute Gasteiger partial charge is 0.336 e. The van der Waals surface area contributed by atoms with Crippen molar-refractivity contribution in [1.29, 1.82) is 0 Å². The van der Waals surface area contributed by atoms with Crippen LogP contribution in [0, 0.1) is 0 Å². The number of nitrogens with zero attached hydrogens (tertiary/aromatic N) is 1. The molecule has 2 fully saturated rings. The Labute approximate surface area is 85.6 Å². The van der Waals surface area contributed by atoms with Gasteiger partial charge < -0.3 is 10.6 Å². The molecule has 3 nitrogen and oxygen atoms in total. The molecule has 2 atom stereocenters. The molecule has 14 heavy (non-hydrogen) atoms. The topological polar surface area (TPSA) is 46.3 Å². The van der Waals surface area contributed by atoms with Crippen LogP contribution in [0.4, 0.5) is 0 Å². The van der Waals surface area contributed by atoms with Gasteiger partial charge >= 0.3 is 0 Å². The summed E-state index contributed by atoms with van der Waals surface area (Å²) < 4.78 is 0. The molecule has 0 aromatic heterocycles. The zero-order valence-corrected chi connectivity index (χ0v) is 9.12. The van der Waals surface area contributed by atoms with Gasteiger partial charge in [0.1, 0.15) is 0 Å². The van der Waals surface area contributed by atoms with E-state index in [0.717, 1.165) is 25.7 Å². The van der Waals surface area contributed by atoms with E-state index in [4.69, 9.17) is 5.73 Å². The average Bonchev–Trinajstić information content (AvgIpc) is 2.84. The minimum atomic E-state index is -0.486. The fourth-order valence-electron chi connectivity index (χ4n) is 2.43. The number of nitrogens with two attached hydrogens (primary N) is 1. The van der Waals surface area contributed by atoms with E-state index in [1.165, 1.54) is 6.42 Å². The molecule has 1 heterocycles. The van der Waals surface area contributed by atoms with Crippen LogP contribution < -0.4 is 5.73 Å². The summed E-state index contributed by atoms with van der Waals surface area (Å²) in [6, 6.07) is 0.763. The van der Waals surface area contributed by atoms with Crippen molar-refractivity contribution < 1.29 is 4.79 Å². The highest BCUT2D eigenvalue weighted by Gasteiger charge is 2.50. The number of carbonyl (C=O) groups is 1. The highest BCUT2D eigenvalue weighted by atomic mass is 16.2. The lowest BCUT2D eigenvalue weighted by Crippen LogP contribution is -2.54. The Bertz CT molecular complexity index is 238. The van der Waals surface area contributed by atoms with Crippen molar-refractivity contribution in [2.45, 2.75) is 63.6 Å². The zero-order chi connectivity index (χ0) is 10.3. The summed E-state index contributed by atoms with van der Waals surface area (Å²) in [7, 11) is 0. The summed E-state index contributed by atoms with van der Waals surface area (Å²) in [6.45, 7) is 4.28. The van der Waals surface area contributed by atoms with Gasteiger partial charge in [-0.05, 0) is 46.0 Å². The number of amides is 1. The van der Waals surface area contributed by atoms with Crippen LogP contribution in [0.5, 0.6) is 0 Å². The molecule has 2 aliphatic rings. The van der Waals surface area contributed by atoms with Gasteiger partial charge in [-0.15, -0.1) is 0 Å². The molecule has 0 aromatic carbocycles. The highest BCUT2D eigenvalue weighted by Crippen LogP contribution is 2.37. The molecule has 1 saturated heterocycles. The number of likely N-dealkylation sites (tertiary alicyclic amines) is 1. The normalized spacial score (nSPS) is 35.5. The second-order valence-corrected chi connectivity index (χ2v) is 5.00. The maximum absolute atomic E-state index is 12.1. The Balaban J connectivity index is 2.10. The molecule has 1 aliphatic carbocycles. The minimum Gasteiger partial charge on any atom is -0.336 e. The van der Waals surface area contributed by atoms with E-state index in [2.05, 4.69) is 13.8 Å². The molecule has 2 rings (SSSR count). The Kier molecular flexibility index (Phi) is 2.30. The summed E-state index contributed by atoms with van der Waals surface area (Å²) in [6.07, 6.45) is 5.26. The first-order valence-electron chi connectivity index (χ1n) is 5.66. The third-order valence-electron chi connectivity index (χ3n) is 3.64. The lowest BCUT2D eigenvalue weighted by molar-refractivity contribution is -0.139. The van der Waals surface area contributed by atoms with E-state index in [1.54, 1.807) is 0 Å². The fourth-order valence-corrected chi connectivity index (χ4v) is 2.43. The van der Waals surface area contributed by atoms with Crippen molar-refractivity contribution in [3.63, 3.8) is 0 Å². The first kappa shape index (κ1) is 9.97. The standard InChI is InChI=1S/C11H20N2O/c1-8-4-3-5-9(2)13(8)10(14)11(12)6-7-11/h8-9H,3-7,12H2,1-2H3. The van der Waals surface area contributed by atoms with E-state index in [9.17, 15) is 4.79 Å². The number of carbonyl (C=O) groups excluding carboxylic acids is 1. The summed E-state index contributed by atoms with van der Waals surface area (Å²) >= 11 is 0. The monoisotopic (exact) mass is 196 g/mol. The third kappa shape index (κ3) is 1.54. The highest BCUT2D eigenvalue weighted by molar-refractivity contribution is 5.89. The second kappa shape index (κ2) is 3.23. The molecule has 1 saturated carbocycles. The minimum absolute atomic E-state index is 0.192. The van der Waals surface area contributed by atoms with Crippen LogP contribution in [-0.2, 0) is 4.79 Å². The Morgan fingerprint density at radius 2 is 1.79 bits per heavy atom. The summed E-state index contributed by atoms with van der Waals surface area (Å²) in [5, 5.41) is 0. The molecule has 1 aliphatic heterocycles. The van der Waals surface area contributed by atoms with E-state index in [-0.39, 0.29) is 5.91 Å². The van der Waals surface area contributed by atoms with Crippen molar-refractivity contribution in [2.24, 2.45) is 5.73 Å². The number of piperidine rings is 1. The third-order valence-corrected chi connectivity index (χ3v) is 3.64. The van der Waals surface area contributed by atoms with Crippen LogP contribution in [0.25, 0.3) is 0 Å². The molecule has 80 valence electrons. The van der Waals surface area contributed by atoms with Gasteiger partial charge in [-0.1, -0.05) is 0 Å². The maximum atomic E-state index is 12.1. The van der Waals surface area contributed by atoms with Gasteiger partial charge in [-0.2, -0.15) is 0 Å². The van der Waals surface area contributed by atoms with Crippen molar-refractivity contribution in [2.75, 3.05) is 0 Å². The predicted octanol–water partition coefficient (Wildman–Crippen LogP) is 1.27. The van der Waals surface area contributed by atoms with E-state index < -0.39 is 5.54 Å². The van der Waals surface area contributed by atoms with Crippen LogP contribution in [0.2, 0.25) is 0 Å². The molecule has 1 amide bonds. The SMILES string of the molecule is CC1CCCC(C)N1C(=O)C1(N)CC1. The lowest BCUT2D eigenvalue weighted by Gasteiger charge is -2.40. The van der Waals surface area contributed by atoms with E-state index in [0.29, 0.717) is 12.1 Å². The first-order chi connectivity index (χ1) is 6.54. The fraction of sp³-hybridized carbons (Fsp3) is 0.909.